The molecule has 0 heterocycles. The number of hydrogen-bond acceptors (Lipinski definition) is 2. The summed E-state index contributed by atoms with van der Waals surface area (Å²) in [5, 5.41) is 9.57. The summed E-state index contributed by atoms with van der Waals surface area (Å²) in [5.74, 6) is 0.182. The molecule has 3 nitrogen and oxygen atoms in total. The zero-order valence-corrected chi connectivity index (χ0v) is 15.5. The zero-order valence-electron chi connectivity index (χ0n) is 15.5. The summed E-state index contributed by atoms with van der Waals surface area (Å²) in [7, 11) is 0. The van der Waals surface area contributed by atoms with Gasteiger partial charge in [-0.3, -0.25) is 4.79 Å². The fourth-order valence-electron chi connectivity index (χ4n) is 3.11. The van der Waals surface area contributed by atoms with Gasteiger partial charge in [-0.2, -0.15) is 0 Å². The van der Waals surface area contributed by atoms with Crippen LogP contribution in [0, 0.1) is 0 Å². The van der Waals surface area contributed by atoms with E-state index in [0.29, 0.717) is 6.42 Å². The molecule has 0 amide bonds. The largest absolute Gasteiger partial charge is 0.481 e. The van der Waals surface area contributed by atoms with E-state index in [0.717, 1.165) is 35.5 Å². The standard InChI is InChI=1S/C24H24O3/c1-2-6-18-9-13-21(14-10-18)27-22-15-11-19(12-16-22)17-23(24(25)26)20-7-4-3-5-8-20/h3-5,7-16,23H,2,6,17H2,1H3,(H,25,26). The molecule has 3 rings (SSSR count). The van der Waals surface area contributed by atoms with Crippen molar-refractivity contribution in [3.8, 4) is 11.5 Å². The Morgan fingerprint density at radius 3 is 1.93 bits per heavy atom. The first-order chi connectivity index (χ1) is 13.2. The maximum Gasteiger partial charge on any atom is 0.311 e. The monoisotopic (exact) mass is 360 g/mol. The first kappa shape index (κ1) is 18.7. The predicted molar refractivity (Wildman–Crippen MR) is 107 cm³/mol. The van der Waals surface area contributed by atoms with Gasteiger partial charge in [0.1, 0.15) is 11.5 Å². The van der Waals surface area contributed by atoms with Crippen LogP contribution in [-0.4, -0.2) is 11.1 Å². The molecule has 3 aromatic carbocycles. The second-order valence-electron chi connectivity index (χ2n) is 6.65. The molecule has 0 spiro atoms. The van der Waals surface area contributed by atoms with E-state index in [2.05, 4.69) is 19.1 Å². The minimum absolute atomic E-state index is 0.450. The van der Waals surface area contributed by atoms with Crippen molar-refractivity contribution in [3.63, 3.8) is 0 Å². The number of carboxylic acids is 1. The maximum atomic E-state index is 11.7. The van der Waals surface area contributed by atoms with E-state index < -0.39 is 11.9 Å². The Bertz CT molecular complexity index is 852. The van der Waals surface area contributed by atoms with Crippen molar-refractivity contribution in [2.24, 2.45) is 0 Å². The molecule has 3 aromatic rings. The number of hydrogen-bond donors (Lipinski definition) is 1. The Balaban J connectivity index is 1.66. The molecule has 0 radical (unpaired) electrons. The molecule has 0 aliphatic carbocycles. The molecule has 0 aliphatic heterocycles. The van der Waals surface area contributed by atoms with Gasteiger partial charge in [-0.1, -0.05) is 67.9 Å². The molecule has 27 heavy (non-hydrogen) atoms. The average molecular weight is 360 g/mol. The van der Waals surface area contributed by atoms with Crippen molar-refractivity contribution in [3.05, 3.63) is 95.6 Å². The van der Waals surface area contributed by atoms with Crippen LogP contribution in [0.3, 0.4) is 0 Å². The van der Waals surface area contributed by atoms with Crippen LogP contribution in [0.4, 0.5) is 0 Å². The number of ether oxygens (including phenoxy) is 1. The number of carbonyl (C=O) groups is 1. The summed E-state index contributed by atoms with van der Waals surface area (Å²) in [4.78, 5) is 11.7. The summed E-state index contributed by atoms with van der Waals surface area (Å²) in [6.45, 7) is 2.17. The quantitative estimate of drug-likeness (QED) is 0.549. The van der Waals surface area contributed by atoms with E-state index in [1.165, 1.54) is 5.56 Å². The number of benzene rings is 3. The number of aryl methyl sites for hydroxylation is 1. The molecule has 3 heteroatoms. The third-order valence-electron chi connectivity index (χ3n) is 4.56. The number of rotatable bonds is 8. The van der Waals surface area contributed by atoms with E-state index in [9.17, 15) is 9.90 Å². The van der Waals surface area contributed by atoms with Gasteiger partial charge in [0, 0.05) is 0 Å². The summed E-state index contributed by atoms with van der Waals surface area (Å²) in [5.41, 5.74) is 3.09. The number of carboxylic acid groups (broad SMARTS) is 1. The van der Waals surface area contributed by atoms with Crippen LogP contribution < -0.4 is 4.74 Å². The maximum absolute atomic E-state index is 11.7. The Hall–Kier alpha value is -3.07. The average Bonchev–Trinajstić information content (AvgIpc) is 2.69. The highest BCUT2D eigenvalue weighted by atomic mass is 16.5. The van der Waals surface area contributed by atoms with Gasteiger partial charge in [0.2, 0.25) is 0 Å². The lowest BCUT2D eigenvalue weighted by Gasteiger charge is -2.13. The van der Waals surface area contributed by atoms with E-state index in [4.69, 9.17) is 4.74 Å². The molecular weight excluding hydrogens is 336 g/mol. The van der Waals surface area contributed by atoms with Gasteiger partial charge in [0.25, 0.3) is 0 Å². The van der Waals surface area contributed by atoms with Crippen molar-refractivity contribution in [2.75, 3.05) is 0 Å². The lowest BCUT2D eigenvalue weighted by Crippen LogP contribution is -2.14. The molecule has 0 fully saturated rings. The van der Waals surface area contributed by atoms with Crippen molar-refractivity contribution in [1.29, 1.82) is 0 Å². The molecule has 1 N–H and O–H groups in total. The molecule has 0 saturated carbocycles. The summed E-state index contributed by atoms with van der Waals surface area (Å²) < 4.78 is 5.89. The van der Waals surface area contributed by atoms with E-state index >= 15 is 0 Å². The first-order valence-corrected chi connectivity index (χ1v) is 9.29. The highest BCUT2D eigenvalue weighted by molar-refractivity contribution is 5.76. The third-order valence-corrected chi connectivity index (χ3v) is 4.56. The van der Waals surface area contributed by atoms with Gasteiger partial charge in [-0.05, 0) is 53.8 Å². The lowest BCUT2D eigenvalue weighted by molar-refractivity contribution is -0.138. The lowest BCUT2D eigenvalue weighted by atomic mass is 9.92. The molecule has 1 atom stereocenters. The molecule has 0 saturated heterocycles. The van der Waals surface area contributed by atoms with Crippen LogP contribution in [0.25, 0.3) is 0 Å². The highest BCUT2D eigenvalue weighted by Crippen LogP contribution is 2.25. The Kier molecular flexibility index (Phi) is 6.26. The zero-order chi connectivity index (χ0) is 19.1. The van der Waals surface area contributed by atoms with Crippen LogP contribution in [0.1, 0.15) is 36.0 Å². The van der Waals surface area contributed by atoms with Crippen LogP contribution in [-0.2, 0) is 17.6 Å². The summed E-state index contributed by atoms with van der Waals surface area (Å²) >= 11 is 0. The smallest absolute Gasteiger partial charge is 0.311 e. The fourth-order valence-corrected chi connectivity index (χ4v) is 3.11. The van der Waals surface area contributed by atoms with E-state index in [-0.39, 0.29) is 0 Å². The summed E-state index contributed by atoms with van der Waals surface area (Å²) in [6, 6.07) is 25.1. The third kappa shape index (κ3) is 5.20. The van der Waals surface area contributed by atoms with Crippen LogP contribution in [0.15, 0.2) is 78.9 Å². The molecule has 0 aliphatic rings. The topological polar surface area (TPSA) is 46.5 Å². The SMILES string of the molecule is CCCc1ccc(Oc2ccc(CC(C(=O)O)c3ccccc3)cc2)cc1. The van der Waals surface area contributed by atoms with Gasteiger partial charge >= 0.3 is 5.97 Å². The highest BCUT2D eigenvalue weighted by Gasteiger charge is 2.20. The molecular formula is C24H24O3. The summed E-state index contributed by atoms with van der Waals surface area (Å²) in [6.07, 6.45) is 2.65. The van der Waals surface area contributed by atoms with Crippen LogP contribution in [0.5, 0.6) is 11.5 Å². The van der Waals surface area contributed by atoms with Gasteiger partial charge in [0.05, 0.1) is 5.92 Å². The minimum atomic E-state index is -0.811. The van der Waals surface area contributed by atoms with Gasteiger partial charge in [-0.25, -0.2) is 0 Å². The second kappa shape index (κ2) is 9.04. The Labute approximate surface area is 160 Å². The van der Waals surface area contributed by atoms with E-state index in [1.807, 2.05) is 66.7 Å². The van der Waals surface area contributed by atoms with Crippen LogP contribution >= 0.6 is 0 Å². The first-order valence-electron chi connectivity index (χ1n) is 9.29. The predicted octanol–water partition coefficient (Wildman–Crippen LogP) is 5.84. The van der Waals surface area contributed by atoms with Gasteiger partial charge < -0.3 is 9.84 Å². The van der Waals surface area contributed by atoms with Crippen molar-refractivity contribution < 1.29 is 14.6 Å². The normalized spacial score (nSPS) is 11.7. The van der Waals surface area contributed by atoms with Gasteiger partial charge in [0.15, 0.2) is 0 Å². The minimum Gasteiger partial charge on any atom is -0.481 e. The molecule has 138 valence electrons. The number of aliphatic carboxylic acids is 1. The Morgan fingerprint density at radius 2 is 1.41 bits per heavy atom. The van der Waals surface area contributed by atoms with Crippen LogP contribution in [0.2, 0.25) is 0 Å². The molecule has 0 aromatic heterocycles. The molecule has 1 unspecified atom stereocenters. The van der Waals surface area contributed by atoms with Gasteiger partial charge in [-0.15, -0.1) is 0 Å². The van der Waals surface area contributed by atoms with E-state index in [1.54, 1.807) is 0 Å². The van der Waals surface area contributed by atoms with Crippen molar-refractivity contribution >= 4 is 5.97 Å². The van der Waals surface area contributed by atoms with Crippen molar-refractivity contribution in [1.82, 2.24) is 0 Å². The Morgan fingerprint density at radius 1 is 0.852 bits per heavy atom. The molecule has 0 bridgehead atoms. The second-order valence-corrected chi connectivity index (χ2v) is 6.65. The van der Waals surface area contributed by atoms with Crippen molar-refractivity contribution in [2.45, 2.75) is 32.1 Å². The fraction of sp³-hybridized carbons (Fsp3) is 0.208.